The first-order valence-electron chi connectivity index (χ1n) is 7.74. The molecule has 1 heterocycles. The number of hydrogen-bond donors (Lipinski definition) is 2. The van der Waals surface area contributed by atoms with Gasteiger partial charge >= 0.3 is 0 Å². The molecule has 0 aliphatic rings. The van der Waals surface area contributed by atoms with Crippen LogP contribution in [-0.2, 0) is 0 Å². The Balaban J connectivity index is 2.03. The highest BCUT2D eigenvalue weighted by atomic mass is 16.5. The zero-order chi connectivity index (χ0) is 18.5. The molecule has 130 valence electrons. The van der Waals surface area contributed by atoms with Crippen molar-refractivity contribution in [2.24, 2.45) is 0 Å². The van der Waals surface area contributed by atoms with Gasteiger partial charge < -0.3 is 9.47 Å². The molecule has 7 nitrogen and oxygen atoms in total. The number of nitrogens with one attached hydrogen (secondary N) is 2. The molecule has 2 aromatic carbocycles. The summed E-state index contributed by atoms with van der Waals surface area (Å²) < 4.78 is 10.6. The molecule has 0 unspecified atom stereocenters. The first-order chi connectivity index (χ1) is 12.7. The lowest BCUT2D eigenvalue weighted by Crippen LogP contribution is -2.18. The van der Waals surface area contributed by atoms with Crippen LogP contribution >= 0.6 is 0 Å². The molecule has 2 N–H and O–H groups in total. The van der Waals surface area contributed by atoms with Gasteiger partial charge in [0.05, 0.1) is 36.4 Å². The molecule has 3 aromatic rings. The molecule has 0 spiro atoms. The number of carbonyl (C=O) groups is 1. The minimum absolute atomic E-state index is 0.266. The van der Waals surface area contributed by atoms with Crippen LogP contribution in [0.4, 0.5) is 0 Å². The molecule has 0 bridgehead atoms. The number of amides is 1. The van der Waals surface area contributed by atoms with Crippen LogP contribution in [-0.4, -0.2) is 30.3 Å². The van der Waals surface area contributed by atoms with Crippen molar-refractivity contribution in [2.45, 2.75) is 0 Å². The maximum atomic E-state index is 12.1. The maximum absolute atomic E-state index is 12.1. The molecule has 3 rings (SSSR count). The molecule has 26 heavy (non-hydrogen) atoms. The summed E-state index contributed by atoms with van der Waals surface area (Å²) in [5, 5.41) is 18.7. The van der Waals surface area contributed by atoms with E-state index < -0.39 is 5.91 Å². The number of hydrogen-bond acceptors (Lipinski definition) is 5. The highest BCUT2D eigenvalue weighted by molar-refractivity contribution is 6.05. The summed E-state index contributed by atoms with van der Waals surface area (Å²) in [5.74, 6) is 0.609. The maximum Gasteiger partial charge on any atom is 0.268 e. The van der Waals surface area contributed by atoms with Crippen LogP contribution in [0.1, 0.15) is 21.6 Å². The summed E-state index contributed by atoms with van der Waals surface area (Å²) in [6.07, 6.45) is 5.35. The highest BCUT2D eigenvalue weighted by Crippen LogP contribution is 2.32. The van der Waals surface area contributed by atoms with Gasteiger partial charge in [0.2, 0.25) is 0 Å². The summed E-state index contributed by atoms with van der Waals surface area (Å²) in [5.41, 5.74) is 2.59. The van der Waals surface area contributed by atoms with Crippen LogP contribution < -0.4 is 14.8 Å². The van der Waals surface area contributed by atoms with E-state index in [0.29, 0.717) is 16.8 Å². The zero-order valence-electron chi connectivity index (χ0n) is 14.2. The van der Waals surface area contributed by atoms with Crippen LogP contribution in [0.3, 0.4) is 0 Å². The van der Waals surface area contributed by atoms with Gasteiger partial charge in [0.1, 0.15) is 11.5 Å². The number of aromatic amines is 1. The van der Waals surface area contributed by atoms with Crippen molar-refractivity contribution in [3.8, 4) is 17.7 Å². The standard InChI is InChI=1S/C19H16N4O3/c1-25-13-6-3-12(4-7-13)5-9-15-17-16(23-22-15)10-8-14(18(17)26-2)19(24)21-11-20/h3-10H,1-2H3,(H,21,24)(H,22,23). The molecular weight excluding hydrogens is 332 g/mol. The van der Waals surface area contributed by atoms with E-state index in [2.05, 4.69) is 15.5 Å². The number of aromatic nitrogens is 2. The fourth-order valence-corrected chi connectivity index (χ4v) is 2.63. The second kappa shape index (κ2) is 7.40. The van der Waals surface area contributed by atoms with Crippen LogP contribution in [0.15, 0.2) is 36.4 Å². The molecular formula is C19H16N4O3. The Hall–Kier alpha value is -3.79. The van der Waals surface area contributed by atoms with Gasteiger partial charge in [-0.3, -0.25) is 15.2 Å². The third-order valence-electron chi connectivity index (χ3n) is 3.88. The predicted molar refractivity (Wildman–Crippen MR) is 97.6 cm³/mol. The summed E-state index contributed by atoms with van der Waals surface area (Å²) >= 11 is 0. The molecule has 0 saturated heterocycles. The molecule has 0 fully saturated rings. The smallest absolute Gasteiger partial charge is 0.268 e. The predicted octanol–water partition coefficient (Wildman–Crippen LogP) is 2.96. The van der Waals surface area contributed by atoms with Gasteiger partial charge in [0.25, 0.3) is 5.91 Å². The molecule has 0 radical (unpaired) electrons. The number of benzene rings is 2. The van der Waals surface area contributed by atoms with E-state index in [4.69, 9.17) is 14.7 Å². The molecule has 0 aliphatic carbocycles. The van der Waals surface area contributed by atoms with Gasteiger partial charge in [-0.15, -0.1) is 0 Å². The van der Waals surface area contributed by atoms with Gasteiger partial charge in [-0.1, -0.05) is 18.2 Å². The van der Waals surface area contributed by atoms with E-state index in [1.807, 2.05) is 36.4 Å². The number of rotatable bonds is 5. The first-order valence-corrected chi connectivity index (χ1v) is 7.74. The van der Waals surface area contributed by atoms with Crippen molar-refractivity contribution in [1.29, 1.82) is 5.26 Å². The van der Waals surface area contributed by atoms with Gasteiger partial charge in [-0.25, -0.2) is 0 Å². The molecule has 0 atom stereocenters. The average molecular weight is 348 g/mol. The normalized spacial score (nSPS) is 10.7. The number of carbonyl (C=O) groups excluding carboxylic acids is 1. The lowest BCUT2D eigenvalue weighted by atomic mass is 10.1. The Morgan fingerprint density at radius 1 is 1.15 bits per heavy atom. The average Bonchev–Trinajstić information content (AvgIpc) is 3.09. The van der Waals surface area contributed by atoms with Crippen molar-refractivity contribution >= 4 is 29.0 Å². The molecule has 1 amide bonds. The van der Waals surface area contributed by atoms with Gasteiger partial charge in [-0.05, 0) is 35.9 Å². The van der Waals surface area contributed by atoms with Crippen molar-refractivity contribution < 1.29 is 14.3 Å². The minimum atomic E-state index is -0.530. The van der Waals surface area contributed by atoms with E-state index in [1.54, 1.807) is 25.4 Å². The fourth-order valence-electron chi connectivity index (χ4n) is 2.63. The van der Waals surface area contributed by atoms with Crippen LogP contribution in [0.2, 0.25) is 0 Å². The second-order valence-electron chi connectivity index (χ2n) is 5.35. The lowest BCUT2D eigenvalue weighted by molar-refractivity contribution is 0.0970. The number of H-pyrrole nitrogens is 1. The van der Waals surface area contributed by atoms with E-state index in [0.717, 1.165) is 16.8 Å². The van der Waals surface area contributed by atoms with Gasteiger partial charge in [0, 0.05) is 0 Å². The van der Waals surface area contributed by atoms with Crippen LogP contribution in [0.5, 0.6) is 11.5 Å². The second-order valence-corrected chi connectivity index (χ2v) is 5.35. The van der Waals surface area contributed by atoms with E-state index in [-0.39, 0.29) is 5.56 Å². The Morgan fingerprint density at radius 2 is 1.92 bits per heavy atom. The van der Waals surface area contributed by atoms with Crippen molar-refractivity contribution in [1.82, 2.24) is 15.5 Å². The number of fused-ring (bicyclic) bond motifs is 1. The summed E-state index contributed by atoms with van der Waals surface area (Å²) in [7, 11) is 3.09. The van der Waals surface area contributed by atoms with Gasteiger partial charge in [0.15, 0.2) is 6.19 Å². The van der Waals surface area contributed by atoms with E-state index in [1.165, 1.54) is 7.11 Å². The monoisotopic (exact) mass is 348 g/mol. The number of nitrogens with zero attached hydrogens (tertiary/aromatic N) is 2. The number of ether oxygens (including phenoxy) is 2. The SMILES string of the molecule is COc1ccc(C=Cc2n[nH]c3ccc(C(=O)NC#N)c(OC)c23)cc1. The zero-order valence-corrected chi connectivity index (χ0v) is 14.2. The van der Waals surface area contributed by atoms with Crippen molar-refractivity contribution in [2.75, 3.05) is 14.2 Å². The summed E-state index contributed by atoms with van der Waals surface area (Å²) in [4.78, 5) is 12.1. The molecule has 1 aromatic heterocycles. The molecule has 0 aliphatic heterocycles. The third-order valence-corrected chi connectivity index (χ3v) is 3.88. The molecule has 7 heteroatoms. The van der Waals surface area contributed by atoms with Crippen LogP contribution in [0.25, 0.3) is 23.1 Å². The quantitative estimate of drug-likeness (QED) is 0.545. The largest absolute Gasteiger partial charge is 0.497 e. The van der Waals surface area contributed by atoms with Crippen LogP contribution in [0, 0.1) is 11.5 Å². The number of nitriles is 1. The Kier molecular flexibility index (Phi) is 4.85. The number of methoxy groups -OCH3 is 2. The van der Waals surface area contributed by atoms with Crippen molar-refractivity contribution in [3.05, 3.63) is 53.2 Å². The Morgan fingerprint density at radius 3 is 2.58 bits per heavy atom. The van der Waals surface area contributed by atoms with E-state index >= 15 is 0 Å². The summed E-state index contributed by atoms with van der Waals surface area (Å²) in [6.45, 7) is 0. The minimum Gasteiger partial charge on any atom is -0.497 e. The Labute approximate surface area is 149 Å². The fraction of sp³-hybridized carbons (Fsp3) is 0.105. The van der Waals surface area contributed by atoms with Crippen molar-refractivity contribution in [3.63, 3.8) is 0 Å². The van der Waals surface area contributed by atoms with Gasteiger partial charge in [-0.2, -0.15) is 10.4 Å². The Bertz CT molecular complexity index is 1010. The lowest BCUT2D eigenvalue weighted by Gasteiger charge is -2.08. The first kappa shape index (κ1) is 17.0. The topological polar surface area (TPSA) is 100 Å². The molecule has 0 saturated carbocycles. The summed E-state index contributed by atoms with van der Waals surface area (Å²) in [6, 6.07) is 10.9. The third kappa shape index (κ3) is 3.21. The highest BCUT2D eigenvalue weighted by Gasteiger charge is 2.18. The van der Waals surface area contributed by atoms with E-state index in [9.17, 15) is 4.79 Å².